The lowest BCUT2D eigenvalue weighted by atomic mass is 10.0. The summed E-state index contributed by atoms with van der Waals surface area (Å²) >= 11 is 0. The summed E-state index contributed by atoms with van der Waals surface area (Å²) in [6, 6.07) is 0. The van der Waals surface area contributed by atoms with Crippen molar-refractivity contribution in [3.05, 3.63) is 12.7 Å². The second-order valence-corrected chi connectivity index (χ2v) is 4.75. The maximum Gasteiger partial charge on any atom is 0.389 e. The van der Waals surface area contributed by atoms with E-state index in [9.17, 15) is 17.7 Å². The van der Waals surface area contributed by atoms with Crippen molar-refractivity contribution in [2.24, 2.45) is 5.92 Å². The Morgan fingerprint density at radius 2 is 1.93 bits per heavy atom. The Kier molecular flexibility index (Phi) is 4.84. The SMILES string of the molecule is C=CCC(CC(F)(F)F)CP(=O)(O)O. The molecule has 0 radical (unpaired) electrons. The zero-order valence-corrected chi connectivity index (χ0v) is 8.26. The van der Waals surface area contributed by atoms with Crippen molar-refractivity contribution in [1.29, 1.82) is 0 Å². The van der Waals surface area contributed by atoms with E-state index >= 15 is 0 Å². The Bertz CT molecular complexity index is 233. The van der Waals surface area contributed by atoms with E-state index in [0.29, 0.717) is 0 Å². The minimum Gasteiger partial charge on any atom is -0.324 e. The molecule has 0 aliphatic heterocycles. The Hall–Kier alpha value is -0.320. The van der Waals surface area contributed by atoms with E-state index in [1.165, 1.54) is 6.08 Å². The van der Waals surface area contributed by atoms with Crippen LogP contribution in [0, 0.1) is 5.92 Å². The first-order valence-electron chi connectivity index (χ1n) is 3.86. The molecule has 7 heteroatoms. The number of rotatable bonds is 5. The molecule has 0 aromatic heterocycles. The van der Waals surface area contributed by atoms with E-state index in [1.807, 2.05) is 0 Å². The highest BCUT2D eigenvalue weighted by Crippen LogP contribution is 2.41. The molecule has 84 valence electrons. The van der Waals surface area contributed by atoms with Crippen LogP contribution >= 0.6 is 7.60 Å². The molecular weight excluding hydrogens is 220 g/mol. The van der Waals surface area contributed by atoms with Gasteiger partial charge < -0.3 is 9.79 Å². The first-order valence-corrected chi connectivity index (χ1v) is 5.66. The molecule has 0 heterocycles. The van der Waals surface area contributed by atoms with Gasteiger partial charge in [-0.05, 0) is 12.3 Å². The van der Waals surface area contributed by atoms with Gasteiger partial charge in [0.25, 0.3) is 0 Å². The third-order valence-electron chi connectivity index (χ3n) is 1.52. The number of allylic oxidation sites excluding steroid dienone is 1. The average Bonchev–Trinajstić information content (AvgIpc) is 1.78. The largest absolute Gasteiger partial charge is 0.389 e. The summed E-state index contributed by atoms with van der Waals surface area (Å²) in [5.74, 6) is -1.09. The molecule has 0 saturated heterocycles. The van der Waals surface area contributed by atoms with E-state index in [0.717, 1.165) is 0 Å². The highest BCUT2D eigenvalue weighted by molar-refractivity contribution is 7.51. The Morgan fingerprint density at radius 3 is 2.21 bits per heavy atom. The molecule has 3 nitrogen and oxygen atoms in total. The van der Waals surface area contributed by atoms with Crippen LogP contribution in [0.25, 0.3) is 0 Å². The van der Waals surface area contributed by atoms with Crippen LogP contribution in [0.3, 0.4) is 0 Å². The maximum atomic E-state index is 11.9. The van der Waals surface area contributed by atoms with Crippen LogP contribution < -0.4 is 0 Å². The first kappa shape index (κ1) is 13.7. The van der Waals surface area contributed by atoms with Gasteiger partial charge in [0.05, 0.1) is 6.16 Å². The van der Waals surface area contributed by atoms with E-state index in [2.05, 4.69) is 6.58 Å². The summed E-state index contributed by atoms with van der Waals surface area (Å²) in [5, 5.41) is 0. The number of halogens is 3. The zero-order valence-electron chi connectivity index (χ0n) is 7.37. The molecule has 1 unspecified atom stereocenters. The number of hydrogen-bond donors (Lipinski definition) is 2. The molecule has 0 spiro atoms. The highest BCUT2D eigenvalue weighted by atomic mass is 31.2. The minimum atomic E-state index is -4.40. The highest BCUT2D eigenvalue weighted by Gasteiger charge is 2.34. The van der Waals surface area contributed by atoms with Gasteiger partial charge in [0, 0.05) is 6.42 Å². The van der Waals surface area contributed by atoms with E-state index < -0.39 is 32.3 Å². The van der Waals surface area contributed by atoms with Crippen molar-refractivity contribution in [1.82, 2.24) is 0 Å². The number of hydrogen-bond acceptors (Lipinski definition) is 1. The van der Waals surface area contributed by atoms with Gasteiger partial charge >= 0.3 is 13.8 Å². The van der Waals surface area contributed by atoms with Gasteiger partial charge in [-0.25, -0.2) is 0 Å². The molecule has 0 aliphatic carbocycles. The Balaban J connectivity index is 4.30. The molecule has 0 saturated carbocycles. The Labute approximate surface area is 79.8 Å². The van der Waals surface area contributed by atoms with Crippen LogP contribution in [0.2, 0.25) is 0 Å². The molecule has 0 aromatic carbocycles. The molecule has 0 rings (SSSR count). The molecule has 0 aromatic rings. The average molecular weight is 232 g/mol. The van der Waals surface area contributed by atoms with Gasteiger partial charge in [-0.2, -0.15) is 13.2 Å². The fourth-order valence-electron chi connectivity index (χ4n) is 1.12. The fraction of sp³-hybridized carbons (Fsp3) is 0.714. The summed E-state index contributed by atoms with van der Waals surface area (Å²) < 4.78 is 46.2. The fourth-order valence-corrected chi connectivity index (χ4v) is 2.07. The molecule has 0 bridgehead atoms. The number of alkyl halides is 3. The third-order valence-corrected chi connectivity index (χ3v) is 2.51. The monoisotopic (exact) mass is 232 g/mol. The maximum absolute atomic E-state index is 11.9. The topological polar surface area (TPSA) is 57.5 Å². The van der Waals surface area contributed by atoms with Crippen molar-refractivity contribution in [3.8, 4) is 0 Å². The van der Waals surface area contributed by atoms with Gasteiger partial charge in [-0.15, -0.1) is 6.58 Å². The summed E-state index contributed by atoms with van der Waals surface area (Å²) in [7, 11) is -4.39. The normalized spacial score (nSPS) is 15.2. The van der Waals surface area contributed by atoms with Crippen LogP contribution in [0.4, 0.5) is 13.2 Å². The summed E-state index contributed by atoms with van der Waals surface area (Å²) in [6.07, 6.45) is -5.16. The van der Waals surface area contributed by atoms with Gasteiger partial charge in [0.2, 0.25) is 0 Å². The Morgan fingerprint density at radius 1 is 1.43 bits per heavy atom. The molecule has 1 atom stereocenters. The summed E-state index contributed by atoms with van der Waals surface area (Å²) in [4.78, 5) is 17.0. The van der Waals surface area contributed by atoms with E-state index in [4.69, 9.17) is 9.79 Å². The van der Waals surface area contributed by atoms with Gasteiger partial charge in [0.15, 0.2) is 0 Å². The van der Waals surface area contributed by atoms with Crippen LogP contribution in [-0.4, -0.2) is 22.1 Å². The van der Waals surface area contributed by atoms with Gasteiger partial charge in [-0.1, -0.05) is 6.08 Å². The molecule has 2 N–H and O–H groups in total. The summed E-state index contributed by atoms with van der Waals surface area (Å²) in [5.41, 5.74) is 0. The van der Waals surface area contributed by atoms with Crippen LogP contribution in [-0.2, 0) is 4.57 Å². The summed E-state index contributed by atoms with van der Waals surface area (Å²) in [6.45, 7) is 3.24. The zero-order chi connectivity index (χ0) is 11.4. The van der Waals surface area contributed by atoms with Crippen molar-refractivity contribution >= 4 is 7.60 Å². The standard InChI is InChI=1S/C7H12F3O3P/c1-2-3-6(4-7(8,9)10)5-14(11,12)13/h2,6H,1,3-5H2,(H2,11,12,13). The van der Waals surface area contributed by atoms with Crippen LogP contribution in [0.1, 0.15) is 12.8 Å². The molecule has 0 aliphatic rings. The lowest BCUT2D eigenvalue weighted by molar-refractivity contribution is -0.142. The lowest BCUT2D eigenvalue weighted by Gasteiger charge is -2.17. The van der Waals surface area contributed by atoms with Crippen molar-refractivity contribution in [2.45, 2.75) is 19.0 Å². The van der Waals surface area contributed by atoms with Gasteiger partial charge in [-0.3, -0.25) is 4.57 Å². The molecular formula is C7H12F3O3P. The second kappa shape index (κ2) is 4.96. The smallest absolute Gasteiger partial charge is 0.324 e. The second-order valence-electron chi connectivity index (χ2n) is 3.06. The minimum absolute atomic E-state index is 0.0510. The van der Waals surface area contributed by atoms with Crippen LogP contribution in [0.5, 0.6) is 0 Å². The predicted octanol–water partition coefficient (Wildman–Crippen LogP) is 2.31. The lowest BCUT2D eigenvalue weighted by Crippen LogP contribution is -2.17. The molecule has 14 heavy (non-hydrogen) atoms. The first-order chi connectivity index (χ1) is 6.14. The van der Waals surface area contributed by atoms with E-state index in [1.54, 1.807) is 0 Å². The predicted molar refractivity (Wildman–Crippen MR) is 45.9 cm³/mol. The van der Waals surface area contributed by atoms with Crippen LogP contribution in [0.15, 0.2) is 12.7 Å². The van der Waals surface area contributed by atoms with Crippen molar-refractivity contribution in [3.63, 3.8) is 0 Å². The third kappa shape index (κ3) is 8.29. The molecule has 0 fully saturated rings. The van der Waals surface area contributed by atoms with Gasteiger partial charge in [0.1, 0.15) is 0 Å². The molecule has 0 amide bonds. The van der Waals surface area contributed by atoms with E-state index in [-0.39, 0.29) is 6.42 Å². The van der Waals surface area contributed by atoms with Crippen molar-refractivity contribution in [2.75, 3.05) is 6.16 Å². The quantitative estimate of drug-likeness (QED) is 0.564. The van der Waals surface area contributed by atoms with Crippen molar-refractivity contribution < 1.29 is 27.5 Å².